The van der Waals surface area contributed by atoms with Gasteiger partial charge in [0.15, 0.2) is 0 Å². The Hall–Kier alpha value is -3.87. The van der Waals surface area contributed by atoms with Gasteiger partial charge in [0.25, 0.3) is 0 Å². The van der Waals surface area contributed by atoms with Crippen molar-refractivity contribution in [3.63, 3.8) is 0 Å². The molecule has 4 heterocycles. The minimum Gasteiger partial charge on any atom is -0.381 e. The number of nitrogens with zero attached hydrogens (tertiary/aromatic N) is 5. The predicted octanol–water partition coefficient (Wildman–Crippen LogP) is 4.51. The molecule has 0 radical (unpaired) electrons. The van der Waals surface area contributed by atoms with E-state index < -0.39 is 11.7 Å². The third-order valence-electron chi connectivity index (χ3n) is 6.45. The van der Waals surface area contributed by atoms with Gasteiger partial charge in [0.1, 0.15) is 11.3 Å². The molecule has 37 heavy (non-hydrogen) atoms. The highest BCUT2D eigenvalue weighted by atomic mass is 19.4. The van der Waals surface area contributed by atoms with E-state index in [1.807, 2.05) is 41.9 Å². The summed E-state index contributed by atoms with van der Waals surface area (Å²) < 4.78 is 43.5. The van der Waals surface area contributed by atoms with Crippen molar-refractivity contribution in [2.45, 2.75) is 19.3 Å². The standard InChI is InChI=1S/C28H27F3N6/c1-35-10-12-36(13-11-35)20-23-6-7-24(15-26(23)28(29,30)31)33-18-22-14-21(16-32-17-22)5-8-25-19-34-27-4-2-3-9-37(25)27/h2-4,6-7,9,14-17,19,33H,10-13,18,20H2,1H3. The molecule has 3 aromatic heterocycles. The van der Waals surface area contributed by atoms with E-state index >= 15 is 0 Å². The molecule has 0 bridgehead atoms. The summed E-state index contributed by atoms with van der Waals surface area (Å²) in [4.78, 5) is 12.8. The van der Waals surface area contributed by atoms with Gasteiger partial charge in [0.05, 0.1) is 11.8 Å². The molecule has 1 aliphatic heterocycles. The number of fused-ring (bicyclic) bond motifs is 1. The van der Waals surface area contributed by atoms with E-state index in [9.17, 15) is 13.2 Å². The molecule has 4 aromatic rings. The van der Waals surface area contributed by atoms with Gasteiger partial charge < -0.3 is 10.2 Å². The average molecular weight is 505 g/mol. The van der Waals surface area contributed by atoms with Gasteiger partial charge in [-0.2, -0.15) is 13.2 Å². The minimum absolute atomic E-state index is 0.292. The normalized spacial score (nSPS) is 14.9. The molecule has 1 aliphatic rings. The van der Waals surface area contributed by atoms with Crippen LogP contribution in [0, 0.1) is 11.8 Å². The molecule has 9 heteroatoms. The van der Waals surface area contributed by atoms with Crippen LogP contribution in [0.2, 0.25) is 0 Å². The quantitative estimate of drug-likeness (QED) is 0.406. The Kier molecular flexibility index (Phi) is 7.12. The molecule has 1 saturated heterocycles. The third kappa shape index (κ3) is 6.10. The van der Waals surface area contributed by atoms with Crippen LogP contribution in [0.15, 0.2) is 67.3 Å². The first-order valence-corrected chi connectivity index (χ1v) is 12.1. The van der Waals surface area contributed by atoms with Crippen LogP contribution in [0.5, 0.6) is 0 Å². The van der Waals surface area contributed by atoms with Crippen molar-refractivity contribution in [3.8, 4) is 11.8 Å². The number of benzene rings is 1. The van der Waals surface area contributed by atoms with E-state index in [1.54, 1.807) is 30.7 Å². The summed E-state index contributed by atoms with van der Waals surface area (Å²) in [5, 5.41) is 3.11. The van der Waals surface area contributed by atoms with Gasteiger partial charge in [0, 0.05) is 69.1 Å². The number of alkyl halides is 3. The molecule has 0 aliphatic carbocycles. The summed E-state index contributed by atoms with van der Waals surface area (Å²) in [5.41, 5.74) is 3.22. The second-order valence-corrected chi connectivity index (χ2v) is 9.21. The van der Waals surface area contributed by atoms with E-state index in [4.69, 9.17) is 0 Å². The van der Waals surface area contributed by atoms with E-state index in [0.717, 1.165) is 43.1 Å². The van der Waals surface area contributed by atoms with E-state index in [0.29, 0.717) is 29.9 Å². The highest BCUT2D eigenvalue weighted by molar-refractivity contribution is 5.51. The molecule has 0 spiro atoms. The molecule has 5 rings (SSSR count). The number of hydrogen-bond acceptors (Lipinski definition) is 5. The van der Waals surface area contributed by atoms with Crippen LogP contribution < -0.4 is 5.32 Å². The van der Waals surface area contributed by atoms with Crippen molar-refractivity contribution in [2.75, 3.05) is 38.5 Å². The van der Waals surface area contributed by atoms with Crippen LogP contribution in [0.1, 0.15) is 27.9 Å². The number of hydrogen-bond donors (Lipinski definition) is 1. The molecule has 0 unspecified atom stereocenters. The summed E-state index contributed by atoms with van der Waals surface area (Å²) in [6.45, 7) is 3.86. The Morgan fingerprint density at radius 1 is 0.973 bits per heavy atom. The Balaban J connectivity index is 1.28. The van der Waals surface area contributed by atoms with Crippen LogP contribution in [0.3, 0.4) is 0 Å². The first-order chi connectivity index (χ1) is 17.8. The number of anilines is 1. The van der Waals surface area contributed by atoms with Crippen LogP contribution in [-0.2, 0) is 19.3 Å². The van der Waals surface area contributed by atoms with Gasteiger partial charge in [-0.3, -0.25) is 14.3 Å². The van der Waals surface area contributed by atoms with Crippen molar-refractivity contribution in [2.24, 2.45) is 0 Å². The number of rotatable bonds is 5. The van der Waals surface area contributed by atoms with Gasteiger partial charge in [-0.1, -0.05) is 18.1 Å². The van der Waals surface area contributed by atoms with Gasteiger partial charge in [0.2, 0.25) is 0 Å². The molecule has 1 N–H and O–H groups in total. The number of nitrogens with one attached hydrogen (secondary N) is 1. The summed E-state index contributed by atoms with van der Waals surface area (Å²) in [6, 6.07) is 12.1. The fraction of sp³-hybridized carbons (Fsp3) is 0.286. The Bertz CT molecular complexity index is 1440. The average Bonchev–Trinajstić information content (AvgIpc) is 3.31. The zero-order chi connectivity index (χ0) is 25.8. The second-order valence-electron chi connectivity index (χ2n) is 9.21. The largest absolute Gasteiger partial charge is 0.416 e. The van der Waals surface area contributed by atoms with Gasteiger partial charge in [-0.15, -0.1) is 0 Å². The zero-order valence-electron chi connectivity index (χ0n) is 20.5. The third-order valence-corrected chi connectivity index (χ3v) is 6.45. The van der Waals surface area contributed by atoms with Gasteiger partial charge in [-0.25, -0.2) is 4.98 Å². The SMILES string of the molecule is CN1CCN(Cc2ccc(NCc3cncc(C#Cc4cnc5ccccn45)c3)cc2C(F)(F)F)CC1. The van der Waals surface area contributed by atoms with Gasteiger partial charge in [-0.05, 0) is 54.4 Å². The highest BCUT2D eigenvalue weighted by Gasteiger charge is 2.34. The molecular formula is C28H27F3N6. The molecule has 190 valence electrons. The van der Waals surface area contributed by atoms with Crippen LogP contribution in [-0.4, -0.2) is 57.4 Å². The second kappa shape index (κ2) is 10.6. The first-order valence-electron chi connectivity index (χ1n) is 12.1. The van der Waals surface area contributed by atoms with Crippen molar-refractivity contribution >= 4 is 11.3 Å². The first kappa shape index (κ1) is 24.8. The molecule has 1 aromatic carbocycles. The zero-order valence-corrected chi connectivity index (χ0v) is 20.5. The van der Waals surface area contributed by atoms with Crippen LogP contribution in [0.25, 0.3) is 5.65 Å². The predicted molar refractivity (Wildman–Crippen MR) is 137 cm³/mol. The highest BCUT2D eigenvalue weighted by Crippen LogP contribution is 2.34. The number of pyridine rings is 2. The topological polar surface area (TPSA) is 48.7 Å². The Morgan fingerprint density at radius 2 is 1.81 bits per heavy atom. The molecule has 0 atom stereocenters. The smallest absolute Gasteiger partial charge is 0.381 e. The number of likely N-dealkylation sites (N-methyl/N-ethyl adjacent to an activating group) is 1. The van der Waals surface area contributed by atoms with E-state index in [1.165, 1.54) is 6.07 Å². The molecule has 1 fully saturated rings. The Labute approximate surface area is 213 Å². The summed E-state index contributed by atoms with van der Waals surface area (Å²) >= 11 is 0. The number of piperazine rings is 1. The molecule has 0 saturated carbocycles. The monoisotopic (exact) mass is 504 g/mol. The maximum Gasteiger partial charge on any atom is 0.416 e. The lowest BCUT2D eigenvalue weighted by Gasteiger charge is -2.33. The number of halogens is 3. The lowest BCUT2D eigenvalue weighted by Crippen LogP contribution is -2.44. The minimum atomic E-state index is -4.42. The van der Waals surface area contributed by atoms with Gasteiger partial charge >= 0.3 is 6.18 Å². The molecule has 6 nitrogen and oxygen atoms in total. The number of aromatic nitrogens is 3. The van der Waals surface area contributed by atoms with Crippen molar-refractivity contribution in [1.29, 1.82) is 0 Å². The molecule has 0 amide bonds. The fourth-order valence-corrected chi connectivity index (χ4v) is 4.35. The van der Waals surface area contributed by atoms with Crippen LogP contribution >= 0.6 is 0 Å². The van der Waals surface area contributed by atoms with Crippen molar-refractivity contribution < 1.29 is 13.2 Å². The van der Waals surface area contributed by atoms with Crippen molar-refractivity contribution in [1.82, 2.24) is 24.2 Å². The van der Waals surface area contributed by atoms with Crippen molar-refractivity contribution in [3.05, 3.63) is 95.2 Å². The van der Waals surface area contributed by atoms with E-state index in [2.05, 4.69) is 36.9 Å². The lowest BCUT2D eigenvalue weighted by molar-refractivity contribution is -0.138. The lowest BCUT2D eigenvalue weighted by atomic mass is 10.0. The maximum atomic E-state index is 13.9. The molecular weight excluding hydrogens is 477 g/mol. The summed E-state index contributed by atoms with van der Waals surface area (Å²) in [5.74, 6) is 6.21. The maximum absolute atomic E-state index is 13.9. The fourth-order valence-electron chi connectivity index (χ4n) is 4.35. The summed E-state index contributed by atoms with van der Waals surface area (Å²) in [6.07, 6.45) is 2.53. The number of imidazole rings is 1. The van der Waals surface area contributed by atoms with E-state index in [-0.39, 0.29) is 0 Å². The Morgan fingerprint density at radius 3 is 2.62 bits per heavy atom. The summed E-state index contributed by atoms with van der Waals surface area (Å²) in [7, 11) is 2.03. The van der Waals surface area contributed by atoms with Crippen LogP contribution in [0.4, 0.5) is 18.9 Å².